The first kappa shape index (κ1) is 10.1. The fraction of sp³-hybridized carbons (Fsp3) is 0. The van der Waals surface area contributed by atoms with Gasteiger partial charge in [0.2, 0.25) is 5.95 Å². The maximum atomic E-state index is 6.17. The van der Waals surface area contributed by atoms with Crippen molar-refractivity contribution in [2.45, 2.75) is 0 Å². The first-order valence-corrected chi connectivity index (χ1v) is 5.48. The van der Waals surface area contributed by atoms with Crippen molar-refractivity contribution in [2.24, 2.45) is 0 Å². The van der Waals surface area contributed by atoms with Crippen molar-refractivity contribution >= 4 is 28.5 Å². The lowest BCUT2D eigenvalue weighted by molar-refractivity contribution is 1.02. The molecule has 2 aromatic heterocycles. The van der Waals surface area contributed by atoms with Gasteiger partial charge in [-0.15, -0.1) is 0 Å². The molecule has 0 bridgehead atoms. The van der Waals surface area contributed by atoms with E-state index >= 15 is 0 Å². The normalized spacial score (nSPS) is 10.9. The van der Waals surface area contributed by atoms with E-state index in [9.17, 15) is 0 Å². The van der Waals surface area contributed by atoms with Gasteiger partial charge in [0.15, 0.2) is 0 Å². The molecule has 0 aliphatic heterocycles. The number of aromatic nitrogens is 3. The number of hydrogen-bond acceptors (Lipinski definition) is 3. The minimum Gasteiger partial charge on any atom is -0.368 e. The summed E-state index contributed by atoms with van der Waals surface area (Å²) in [6, 6.07) is 9.66. The lowest BCUT2D eigenvalue weighted by Crippen LogP contribution is -2.00. The maximum Gasteiger partial charge on any atom is 0.221 e. The van der Waals surface area contributed by atoms with E-state index in [-0.39, 0.29) is 5.95 Å². The largest absolute Gasteiger partial charge is 0.368 e. The molecule has 17 heavy (non-hydrogen) atoms. The van der Waals surface area contributed by atoms with Crippen LogP contribution in [0.3, 0.4) is 0 Å². The summed E-state index contributed by atoms with van der Waals surface area (Å²) < 4.78 is 1.90. The molecule has 3 rings (SSSR count). The second-order valence-electron chi connectivity index (χ2n) is 3.64. The molecule has 0 unspecified atom stereocenters. The van der Waals surface area contributed by atoms with Gasteiger partial charge in [-0.25, -0.2) is 4.98 Å². The summed E-state index contributed by atoms with van der Waals surface area (Å²) in [6.07, 6.45) is 3.45. The fourth-order valence-corrected chi connectivity index (χ4v) is 2.08. The molecule has 0 aliphatic carbocycles. The van der Waals surface area contributed by atoms with Crippen molar-refractivity contribution < 1.29 is 0 Å². The number of benzene rings is 1. The second-order valence-corrected chi connectivity index (χ2v) is 4.04. The van der Waals surface area contributed by atoms with Gasteiger partial charge in [-0.2, -0.15) is 4.98 Å². The van der Waals surface area contributed by atoms with Gasteiger partial charge in [0.05, 0.1) is 10.5 Å². The lowest BCUT2D eigenvalue weighted by atomic mass is 10.2. The number of fused-ring (bicyclic) bond motifs is 1. The number of hydrogen-bond donors (Lipinski definition) is 1. The zero-order valence-electron chi connectivity index (χ0n) is 8.84. The molecule has 3 aromatic rings. The Labute approximate surface area is 103 Å². The molecule has 1 aromatic carbocycles. The minimum atomic E-state index is 0.247. The van der Waals surface area contributed by atoms with Crippen molar-refractivity contribution in [1.29, 1.82) is 0 Å². The van der Waals surface area contributed by atoms with E-state index in [1.807, 2.05) is 35.0 Å². The molecule has 84 valence electrons. The van der Waals surface area contributed by atoms with Gasteiger partial charge in [0, 0.05) is 17.8 Å². The quantitative estimate of drug-likeness (QED) is 0.716. The van der Waals surface area contributed by atoms with Crippen LogP contribution in [0.4, 0.5) is 5.95 Å². The van der Waals surface area contributed by atoms with Gasteiger partial charge < -0.3 is 5.73 Å². The van der Waals surface area contributed by atoms with Gasteiger partial charge in [-0.1, -0.05) is 29.8 Å². The highest BCUT2D eigenvalue weighted by molar-refractivity contribution is 6.35. The molecule has 4 nitrogen and oxygen atoms in total. The molecule has 5 heteroatoms. The Morgan fingerprint density at radius 1 is 1.18 bits per heavy atom. The van der Waals surface area contributed by atoms with Crippen molar-refractivity contribution in [3.8, 4) is 5.82 Å². The average molecular weight is 245 g/mol. The smallest absolute Gasteiger partial charge is 0.221 e. The van der Waals surface area contributed by atoms with E-state index < -0.39 is 0 Å². The zero-order chi connectivity index (χ0) is 11.8. The second kappa shape index (κ2) is 3.75. The van der Waals surface area contributed by atoms with Crippen molar-refractivity contribution in [3.63, 3.8) is 0 Å². The van der Waals surface area contributed by atoms with E-state index in [0.29, 0.717) is 10.8 Å². The van der Waals surface area contributed by atoms with Crippen LogP contribution in [0.5, 0.6) is 0 Å². The molecular weight excluding hydrogens is 236 g/mol. The third-order valence-corrected chi connectivity index (χ3v) is 2.87. The summed E-state index contributed by atoms with van der Waals surface area (Å²) in [4.78, 5) is 8.05. The number of nitrogen functional groups attached to an aromatic ring is 1. The molecule has 0 saturated heterocycles. The van der Waals surface area contributed by atoms with Crippen LogP contribution < -0.4 is 5.73 Å². The number of rotatable bonds is 1. The summed E-state index contributed by atoms with van der Waals surface area (Å²) in [7, 11) is 0. The molecule has 0 aliphatic rings. The summed E-state index contributed by atoms with van der Waals surface area (Å²) in [5, 5.41) is 1.68. The van der Waals surface area contributed by atoms with E-state index in [2.05, 4.69) is 9.97 Å². The van der Waals surface area contributed by atoms with Gasteiger partial charge in [-0.05, 0) is 12.1 Å². The zero-order valence-corrected chi connectivity index (χ0v) is 9.59. The number of para-hydroxylation sites is 1. The van der Waals surface area contributed by atoms with Crippen LogP contribution >= 0.6 is 11.6 Å². The van der Waals surface area contributed by atoms with Crippen LogP contribution in [-0.2, 0) is 0 Å². The van der Waals surface area contributed by atoms with Crippen LogP contribution in [0, 0.1) is 0 Å². The molecule has 0 saturated carbocycles. The van der Waals surface area contributed by atoms with Crippen LogP contribution in [0.2, 0.25) is 5.02 Å². The van der Waals surface area contributed by atoms with Crippen LogP contribution in [0.25, 0.3) is 16.7 Å². The molecule has 2 heterocycles. The molecule has 2 N–H and O–H groups in total. The summed E-state index contributed by atoms with van der Waals surface area (Å²) in [6.45, 7) is 0. The minimum absolute atomic E-state index is 0.247. The SMILES string of the molecule is Nc1nccc(-n2cc(Cl)c3ccccc32)n1. The van der Waals surface area contributed by atoms with E-state index in [0.717, 1.165) is 10.9 Å². The van der Waals surface area contributed by atoms with E-state index in [4.69, 9.17) is 17.3 Å². The average Bonchev–Trinajstić information content (AvgIpc) is 2.68. The Kier molecular flexibility index (Phi) is 2.23. The number of nitrogens with zero attached hydrogens (tertiary/aromatic N) is 3. The molecule has 0 atom stereocenters. The standard InChI is InChI=1S/C12H9ClN4/c13-9-7-17(10-4-2-1-3-8(9)10)11-5-6-15-12(14)16-11/h1-7H,(H2,14,15,16). The van der Waals surface area contributed by atoms with Crippen molar-refractivity contribution in [1.82, 2.24) is 14.5 Å². The molecule has 0 fully saturated rings. The molecule has 0 amide bonds. The number of nitrogens with two attached hydrogens (primary N) is 1. The highest BCUT2D eigenvalue weighted by atomic mass is 35.5. The lowest BCUT2D eigenvalue weighted by Gasteiger charge is -2.03. The third-order valence-electron chi connectivity index (χ3n) is 2.57. The fourth-order valence-electron chi connectivity index (χ4n) is 1.83. The Hall–Kier alpha value is -2.07. The number of anilines is 1. The predicted octanol–water partition coefficient (Wildman–Crippen LogP) is 2.66. The topological polar surface area (TPSA) is 56.7 Å². The highest BCUT2D eigenvalue weighted by Gasteiger charge is 2.08. The Morgan fingerprint density at radius 2 is 2.00 bits per heavy atom. The summed E-state index contributed by atoms with van der Waals surface area (Å²) in [5.41, 5.74) is 6.57. The molecule has 0 spiro atoms. The van der Waals surface area contributed by atoms with Gasteiger partial charge in [0.25, 0.3) is 0 Å². The van der Waals surface area contributed by atoms with E-state index in [1.165, 1.54) is 0 Å². The highest BCUT2D eigenvalue weighted by Crippen LogP contribution is 2.27. The molecule has 0 radical (unpaired) electrons. The Bertz CT molecular complexity index is 690. The number of halogens is 1. The first-order valence-electron chi connectivity index (χ1n) is 5.10. The monoisotopic (exact) mass is 244 g/mol. The van der Waals surface area contributed by atoms with Crippen molar-refractivity contribution in [2.75, 3.05) is 5.73 Å². The Balaban J connectivity index is 2.31. The first-order chi connectivity index (χ1) is 8.25. The summed E-state index contributed by atoms with van der Waals surface area (Å²) >= 11 is 6.17. The summed E-state index contributed by atoms with van der Waals surface area (Å²) in [5.74, 6) is 0.956. The molecular formula is C12H9ClN4. The van der Waals surface area contributed by atoms with Crippen LogP contribution in [0.15, 0.2) is 42.7 Å². The van der Waals surface area contributed by atoms with Gasteiger partial charge in [0.1, 0.15) is 5.82 Å². The van der Waals surface area contributed by atoms with Gasteiger partial charge >= 0.3 is 0 Å². The van der Waals surface area contributed by atoms with Crippen molar-refractivity contribution in [3.05, 3.63) is 47.7 Å². The Morgan fingerprint density at radius 3 is 2.82 bits per heavy atom. The maximum absolute atomic E-state index is 6.17. The van der Waals surface area contributed by atoms with E-state index in [1.54, 1.807) is 12.3 Å². The predicted molar refractivity (Wildman–Crippen MR) is 68.3 cm³/mol. The van der Waals surface area contributed by atoms with Crippen LogP contribution in [0.1, 0.15) is 0 Å². The third kappa shape index (κ3) is 1.62. The van der Waals surface area contributed by atoms with Crippen LogP contribution in [-0.4, -0.2) is 14.5 Å². The van der Waals surface area contributed by atoms with Gasteiger partial charge in [-0.3, -0.25) is 4.57 Å².